The zero-order chi connectivity index (χ0) is 33.6. The van der Waals surface area contributed by atoms with Gasteiger partial charge in [-0.05, 0) is 48.5 Å². The smallest absolute Gasteiger partial charge is 0.166 e. The third-order valence-electron chi connectivity index (χ3n) is 7.00. The summed E-state index contributed by atoms with van der Waals surface area (Å²) in [5.41, 5.74) is 2.25. The van der Waals surface area contributed by atoms with Crippen LogP contribution in [0.1, 0.15) is 11.1 Å². The van der Waals surface area contributed by atoms with Gasteiger partial charge in [0.25, 0.3) is 0 Å². The largest absolute Gasteiger partial charge is 0.504 e. The van der Waals surface area contributed by atoms with Crippen LogP contribution in [0.2, 0.25) is 0 Å². The maximum atomic E-state index is 10.4. The average Bonchev–Trinajstić information content (AvgIpc) is 3.10. The number of nitrogens with zero attached hydrogens (tertiary/aromatic N) is 2. The number of rotatable bonds is 6. The number of ether oxygens (including phenoxy) is 8. The van der Waals surface area contributed by atoms with E-state index in [2.05, 4.69) is 9.98 Å². The van der Waals surface area contributed by atoms with E-state index in [4.69, 9.17) is 37.9 Å². The first-order valence-electron chi connectivity index (χ1n) is 15.3. The Kier molecular flexibility index (Phi) is 12.3. The third kappa shape index (κ3) is 9.30. The van der Waals surface area contributed by atoms with Gasteiger partial charge in [-0.3, -0.25) is 9.98 Å². The summed E-state index contributed by atoms with van der Waals surface area (Å²) in [4.78, 5) is 8.99. The summed E-state index contributed by atoms with van der Waals surface area (Å²) in [5, 5.41) is 20.7. The van der Waals surface area contributed by atoms with E-state index in [0.29, 0.717) is 83.4 Å². The van der Waals surface area contributed by atoms with E-state index in [1.165, 1.54) is 14.2 Å². The summed E-state index contributed by atoms with van der Waals surface area (Å²) in [5.74, 6) is 2.81. The maximum Gasteiger partial charge on any atom is 0.166 e. The molecular formula is C36H38N2O10. The van der Waals surface area contributed by atoms with Gasteiger partial charge in [0.05, 0.1) is 52.0 Å². The third-order valence-corrected chi connectivity index (χ3v) is 7.00. The molecule has 0 aliphatic carbocycles. The van der Waals surface area contributed by atoms with E-state index < -0.39 is 0 Å². The predicted octanol–water partition coefficient (Wildman–Crippen LogP) is 5.88. The van der Waals surface area contributed by atoms with Gasteiger partial charge >= 0.3 is 0 Å². The molecule has 0 aromatic heterocycles. The first-order chi connectivity index (χ1) is 23.6. The first-order valence-corrected chi connectivity index (χ1v) is 15.3. The van der Waals surface area contributed by atoms with Gasteiger partial charge in [0.1, 0.15) is 26.4 Å². The van der Waals surface area contributed by atoms with Gasteiger partial charge in [-0.2, -0.15) is 0 Å². The van der Waals surface area contributed by atoms with Crippen molar-refractivity contribution in [2.24, 2.45) is 9.98 Å². The first kappa shape index (κ1) is 33.9. The summed E-state index contributed by atoms with van der Waals surface area (Å²) >= 11 is 0. The van der Waals surface area contributed by atoms with Crippen molar-refractivity contribution >= 4 is 23.8 Å². The molecule has 0 saturated carbocycles. The molecule has 48 heavy (non-hydrogen) atoms. The van der Waals surface area contributed by atoms with Crippen molar-refractivity contribution in [1.82, 2.24) is 0 Å². The molecule has 0 bridgehead atoms. The van der Waals surface area contributed by atoms with E-state index in [-0.39, 0.29) is 37.9 Å². The fourth-order valence-electron chi connectivity index (χ4n) is 4.57. The zero-order valence-corrected chi connectivity index (χ0v) is 26.8. The van der Waals surface area contributed by atoms with E-state index >= 15 is 0 Å². The van der Waals surface area contributed by atoms with Crippen molar-refractivity contribution in [3.63, 3.8) is 0 Å². The Hall–Kier alpha value is -5.46. The van der Waals surface area contributed by atoms with E-state index in [0.717, 1.165) is 0 Å². The van der Waals surface area contributed by atoms with Gasteiger partial charge in [0, 0.05) is 35.7 Å². The maximum absolute atomic E-state index is 10.4. The Labute approximate surface area is 278 Å². The van der Waals surface area contributed by atoms with Crippen LogP contribution in [0.4, 0.5) is 11.4 Å². The van der Waals surface area contributed by atoms with Crippen LogP contribution in [0, 0.1) is 0 Å². The Balaban J connectivity index is 1.21. The summed E-state index contributed by atoms with van der Waals surface area (Å²) in [6, 6.07) is 21.0. The van der Waals surface area contributed by atoms with Crippen LogP contribution in [0.3, 0.4) is 0 Å². The van der Waals surface area contributed by atoms with Gasteiger partial charge < -0.3 is 48.1 Å². The number of hydrogen-bond acceptors (Lipinski definition) is 12. The SMILES string of the molecule is COc1cccc(C=Nc2ccc3c(c2)OCCOCCOc2ccc(N=Cc4cccc(OC)c4O)cc2OCCOCCO3)c1O. The Morgan fingerprint density at radius 2 is 0.917 bits per heavy atom. The Morgan fingerprint density at radius 1 is 0.521 bits per heavy atom. The molecule has 0 amide bonds. The number of benzene rings is 4. The summed E-state index contributed by atoms with van der Waals surface area (Å²) in [6.07, 6.45) is 3.11. The van der Waals surface area contributed by atoms with Crippen LogP contribution in [0.5, 0.6) is 46.0 Å². The highest BCUT2D eigenvalue weighted by molar-refractivity contribution is 5.87. The molecule has 1 aliphatic rings. The Bertz CT molecular complexity index is 1580. The second-order valence-corrected chi connectivity index (χ2v) is 10.2. The van der Waals surface area contributed by atoms with Crippen molar-refractivity contribution in [2.45, 2.75) is 0 Å². The summed E-state index contributed by atoms with van der Waals surface area (Å²) < 4.78 is 45.7. The predicted molar refractivity (Wildman–Crippen MR) is 180 cm³/mol. The average molecular weight is 659 g/mol. The summed E-state index contributed by atoms with van der Waals surface area (Å²) in [6.45, 7) is 2.35. The number of hydrogen-bond donors (Lipinski definition) is 2. The lowest BCUT2D eigenvalue weighted by Crippen LogP contribution is -2.15. The number of phenols is 2. The van der Waals surface area contributed by atoms with Crippen LogP contribution < -0.4 is 28.4 Å². The molecule has 12 nitrogen and oxygen atoms in total. The van der Waals surface area contributed by atoms with Crippen LogP contribution >= 0.6 is 0 Å². The summed E-state index contributed by atoms with van der Waals surface area (Å²) in [7, 11) is 2.99. The lowest BCUT2D eigenvalue weighted by Gasteiger charge is -2.16. The van der Waals surface area contributed by atoms with E-state index in [9.17, 15) is 10.2 Å². The van der Waals surface area contributed by atoms with E-state index in [1.807, 2.05) is 0 Å². The number of fused-ring (bicyclic) bond motifs is 2. The lowest BCUT2D eigenvalue weighted by molar-refractivity contribution is 0.0640. The van der Waals surface area contributed by atoms with Crippen LogP contribution in [0.25, 0.3) is 0 Å². The standard InChI is InChI=1S/C36H38N2O10/c1-41-31-7-3-5-25(35(31)39)23-37-27-9-11-29-33(21-27)47-19-15-43-14-18-46-30-12-10-28(22-34(30)48-20-16-44-13-17-45-29)38-24-26-6-4-8-32(42-2)36(26)40/h3-12,21-24,39-40H,13-20H2,1-2H3. The molecule has 0 spiro atoms. The van der Waals surface area contributed by atoms with Crippen LogP contribution in [-0.4, -0.2) is 89.7 Å². The quantitative estimate of drug-likeness (QED) is 0.242. The minimum atomic E-state index is 0.0103. The highest BCUT2D eigenvalue weighted by Gasteiger charge is 2.11. The fourth-order valence-corrected chi connectivity index (χ4v) is 4.57. The Morgan fingerprint density at radius 3 is 1.31 bits per heavy atom. The molecule has 5 rings (SSSR count). The minimum absolute atomic E-state index is 0.0103. The molecule has 2 N–H and O–H groups in total. The van der Waals surface area contributed by atoms with Gasteiger partial charge in [-0.1, -0.05) is 12.1 Å². The van der Waals surface area contributed by atoms with Gasteiger partial charge in [-0.25, -0.2) is 0 Å². The van der Waals surface area contributed by atoms with Crippen LogP contribution in [-0.2, 0) is 9.47 Å². The van der Waals surface area contributed by atoms with Crippen molar-refractivity contribution in [3.8, 4) is 46.0 Å². The molecule has 0 unspecified atom stereocenters. The van der Waals surface area contributed by atoms with Crippen molar-refractivity contribution in [2.75, 3.05) is 67.1 Å². The van der Waals surface area contributed by atoms with Crippen molar-refractivity contribution in [1.29, 1.82) is 0 Å². The molecule has 0 radical (unpaired) electrons. The molecule has 252 valence electrons. The number of phenolic OH excluding ortho intramolecular Hbond substituents is 2. The second-order valence-electron chi connectivity index (χ2n) is 10.2. The van der Waals surface area contributed by atoms with Gasteiger partial charge in [-0.15, -0.1) is 0 Å². The molecule has 4 aromatic rings. The fraction of sp³-hybridized carbons (Fsp3) is 0.278. The molecule has 4 aromatic carbocycles. The molecule has 1 aliphatic heterocycles. The highest BCUT2D eigenvalue weighted by Crippen LogP contribution is 2.35. The number of methoxy groups -OCH3 is 2. The van der Waals surface area contributed by atoms with E-state index in [1.54, 1.807) is 85.2 Å². The number of para-hydroxylation sites is 2. The lowest BCUT2D eigenvalue weighted by atomic mass is 10.2. The monoisotopic (exact) mass is 658 g/mol. The second kappa shape index (κ2) is 17.5. The number of aliphatic imine (C=N–C) groups is 2. The van der Waals surface area contributed by atoms with Crippen molar-refractivity contribution in [3.05, 3.63) is 83.9 Å². The molecule has 0 saturated heterocycles. The zero-order valence-electron chi connectivity index (χ0n) is 26.8. The van der Waals surface area contributed by atoms with Gasteiger partial charge in [0.15, 0.2) is 46.0 Å². The number of aromatic hydroxyl groups is 2. The van der Waals surface area contributed by atoms with Crippen LogP contribution in [0.15, 0.2) is 82.8 Å². The molecule has 1 heterocycles. The van der Waals surface area contributed by atoms with Crippen molar-refractivity contribution < 1.29 is 48.1 Å². The molecule has 0 fully saturated rings. The molecule has 0 atom stereocenters. The minimum Gasteiger partial charge on any atom is -0.504 e. The molecule has 12 heteroatoms. The normalized spacial score (nSPS) is 14.7. The topological polar surface area (TPSA) is 139 Å². The van der Waals surface area contributed by atoms with Gasteiger partial charge in [0.2, 0.25) is 0 Å². The molecular weight excluding hydrogens is 620 g/mol. The highest BCUT2D eigenvalue weighted by atomic mass is 16.6.